The fourth-order valence-corrected chi connectivity index (χ4v) is 2.68. The van der Waals surface area contributed by atoms with Crippen LogP contribution in [0.3, 0.4) is 0 Å². The van der Waals surface area contributed by atoms with E-state index in [1.54, 1.807) is 12.5 Å². The van der Waals surface area contributed by atoms with E-state index in [1.807, 2.05) is 10.6 Å². The number of hydrogen-bond acceptors (Lipinski definition) is 7. The molecule has 1 saturated heterocycles. The van der Waals surface area contributed by atoms with Gasteiger partial charge in [-0.3, -0.25) is 0 Å². The molecule has 9 heteroatoms. The summed E-state index contributed by atoms with van der Waals surface area (Å²) in [6, 6.07) is 1.84. The molecule has 3 heterocycles. The highest BCUT2D eigenvalue weighted by Gasteiger charge is 2.28. The topological polar surface area (TPSA) is 116 Å². The molecule has 3 rings (SSSR count). The summed E-state index contributed by atoms with van der Waals surface area (Å²) in [5, 5.41) is 0. The Labute approximate surface area is 116 Å². The largest absolute Gasteiger partial charge is 0.382 e. The van der Waals surface area contributed by atoms with Crippen molar-refractivity contribution in [2.75, 3.05) is 12.3 Å². The molecule has 2 aromatic heterocycles. The molecule has 4 N–H and O–H groups in total. The smallest absolute Gasteiger partial charge is 0.327 e. The Morgan fingerprint density at radius 3 is 3.10 bits per heavy atom. The van der Waals surface area contributed by atoms with Crippen molar-refractivity contribution in [3.63, 3.8) is 0 Å². The van der Waals surface area contributed by atoms with Gasteiger partial charge in [-0.2, -0.15) is 0 Å². The predicted octanol–water partition coefficient (Wildman–Crippen LogP) is 0.919. The number of fused-ring (bicyclic) bond motifs is 1. The molecule has 1 aliphatic heterocycles. The molecule has 0 radical (unpaired) electrons. The molecular weight excluding hydrogens is 283 g/mol. The van der Waals surface area contributed by atoms with Crippen LogP contribution in [0.1, 0.15) is 19.1 Å². The average molecular weight is 298 g/mol. The number of anilines is 1. The summed E-state index contributed by atoms with van der Waals surface area (Å²) in [5.41, 5.74) is 7.30. The van der Waals surface area contributed by atoms with Crippen LogP contribution in [-0.2, 0) is 9.26 Å². The van der Waals surface area contributed by atoms with Crippen LogP contribution in [0.5, 0.6) is 0 Å². The fourth-order valence-electron chi connectivity index (χ4n) is 2.38. The minimum Gasteiger partial charge on any atom is -0.382 e. The Balaban J connectivity index is 1.75. The Hall–Kier alpha value is -1.31. The van der Waals surface area contributed by atoms with Crippen LogP contribution in [0.2, 0.25) is 0 Å². The number of hydrogen-bond donors (Lipinski definition) is 3. The summed E-state index contributed by atoms with van der Waals surface area (Å²) in [6.07, 6.45) is 4.60. The van der Waals surface area contributed by atoms with Gasteiger partial charge in [0.15, 0.2) is 5.82 Å². The van der Waals surface area contributed by atoms with Gasteiger partial charge >= 0.3 is 8.60 Å². The third-order valence-electron chi connectivity index (χ3n) is 3.29. The van der Waals surface area contributed by atoms with Gasteiger partial charge in [0.1, 0.15) is 11.7 Å². The SMILES string of the molecule is Nc1nccc2c1ncn2[C@H]1CC[C@@H](COP(O)O)O1. The number of nitrogen functional groups attached to an aromatic ring is 1. The van der Waals surface area contributed by atoms with Crippen LogP contribution < -0.4 is 5.73 Å². The highest BCUT2D eigenvalue weighted by atomic mass is 31.2. The molecule has 0 bridgehead atoms. The summed E-state index contributed by atoms with van der Waals surface area (Å²) < 4.78 is 12.5. The summed E-state index contributed by atoms with van der Waals surface area (Å²) in [7, 11) is -2.33. The molecular formula is C11H15N4O4P. The summed E-state index contributed by atoms with van der Waals surface area (Å²) >= 11 is 0. The molecule has 20 heavy (non-hydrogen) atoms. The van der Waals surface area contributed by atoms with Crippen molar-refractivity contribution in [3.8, 4) is 0 Å². The van der Waals surface area contributed by atoms with Crippen molar-refractivity contribution in [1.82, 2.24) is 14.5 Å². The Morgan fingerprint density at radius 1 is 1.45 bits per heavy atom. The van der Waals surface area contributed by atoms with E-state index in [-0.39, 0.29) is 18.9 Å². The van der Waals surface area contributed by atoms with Gasteiger partial charge in [0.25, 0.3) is 0 Å². The van der Waals surface area contributed by atoms with E-state index in [1.165, 1.54) is 0 Å². The maximum Gasteiger partial charge on any atom is 0.327 e. The Bertz CT molecular complexity index is 605. The molecule has 1 fully saturated rings. The van der Waals surface area contributed by atoms with Gasteiger partial charge in [0, 0.05) is 6.20 Å². The molecule has 8 nitrogen and oxygen atoms in total. The van der Waals surface area contributed by atoms with E-state index < -0.39 is 8.60 Å². The van der Waals surface area contributed by atoms with E-state index >= 15 is 0 Å². The molecule has 0 unspecified atom stereocenters. The van der Waals surface area contributed by atoms with Gasteiger partial charge in [-0.25, -0.2) is 9.97 Å². The second kappa shape index (κ2) is 5.59. The van der Waals surface area contributed by atoms with Crippen LogP contribution in [0.15, 0.2) is 18.6 Å². The molecule has 0 aromatic carbocycles. The normalized spacial score (nSPS) is 22.9. The first-order valence-corrected chi connectivity index (χ1v) is 7.35. The Morgan fingerprint density at radius 2 is 2.30 bits per heavy atom. The quantitative estimate of drug-likeness (QED) is 0.719. The monoisotopic (exact) mass is 298 g/mol. The van der Waals surface area contributed by atoms with Gasteiger partial charge in [-0.1, -0.05) is 0 Å². The molecule has 108 valence electrons. The summed E-state index contributed by atoms with van der Waals surface area (Å²) in [4.78, 5) is 25.7. The van der Waals surface area contributed by atoms with Crippen molar-refractivity contribution in [2.45, 2.75) is 25.2 Å². The maximum absolute atomic E-state index is 8.74. The molecule has 0 spiro atoms. The summed E-state index contributed by atoms with van der Waals surface area (Å²) in [5.74, 6) is 0.394. The lowest BCUT2D eigenvalue weighted by Crippen LogP contribution is -2.15. The second-order valence-electron chi connectivity index (χ2n) is 4.55. The molecule has 1 aliphatic rings. The van der Waals surface area contributed by atoms with Crippen LogP contribution in [0, 0.1) is 0 Å². The minimum atomic E-state index is -2.33. The van der Waals surface area contributed by atoms with Gasteiger partial charge in [0.05, 0.1) is 24.6 Å². The lowest BCUT2D eigenvalue weighted by Gasteiger charge is -2.15. The lowest BCUT2D eigenvalue weighted by atomic mass is 10.2. The number of ether oxygens (including phenoxy) is 1. The van der Waals surface area contributed by atoms with E-state index in [2.05, 4.69) is 9.97 Å². The lowest BCUT2D eigenvalue weighted by molar-refractivity contribution is -0.0174. The van der Waals surface area contributed by atoms with Crippen LogP contribution in [-0.4, -0.2) is 37.0 Å². The van der Waals surface area contributed by atoms with Crippen molar-refractivity contribution >= 4 is 25.5 Å². The van der Waals surface area contributed by atoms with Gasteiger partial charge in [-0.15, -0.1) is 0 Å². The number of imidazole rings is 1. The standard InChI is InChI=1S/C11H15N4O4P/c12-11-10-8(3-4-13-11)15(6-14-10)9-2-1-7(19-9)5-18-20(16)17/h3-4,6-7,9,16-17H,1-2,5H2,(H2,12,13)/t7-,9+/m0/s1. The van der Waals surface area contributed by atoms with Crippen molar-refractivity contribution in [2.24, 2.45) is 0 Å². The van der Waals surface area contributed by atoms with E-state index in [0.29, 0.717) is 11.3 Å². The van der Waals surface area contributed by atoms with E-state index in [9.17, 15) is 0 Å². The van der Waals surface area contributed by atoms with Crippen molar-refractivity contribution in [3.05, 3.63) is 18.6 Å². The number of nitrogens with zero attached hydrogens (tertiary/aromatic N) is 3. The van der Waals surface area contributed by atoms with E-state index in [0.717, 1.165) is 18.4 Å². The minimum absolute atomic E-state index is 0.152. The fraction of sp³-hybridized carbons (Fsp3) is 0.455. The van der Waals surface area contributed by atoms with Gasteiger partial charge in [-0.05, 0) is 18.9 Å². The molecule has 0 amide bonds. The molecule has 0 saturated carbocycles. The highest BCUT2D eigenvalue weighted by molar-refractivity contribution is 7.39. The van der Waals surface area contributed by atoms with Gasteiger partial charge < -0.3 is 29.3 Å². The van der Waals surface area contributed by atoms with Crippen molar-refractivity contribution in [1.29, 1.82) is 0 Å². The maximum atomic E-state index is 8.74. The first-order chi connectivity index (χ1) is 9.65. The van der Waals surface area contributed by atoms with Crippen LogP contribution in [0.25, 0.3) is 11.0 Å². The molecule has 2 aromatic rings. The first-order valence-electron chi connectivity index (χ1n) is 6.18. The predicted molar refractivity (Wildman–Crippen MR) is 72.4 cm³/mol. The van der Waals surface area contributed by atoms with Crippen LogP contribution >= 0.6 is 8.60 Å². The number of aromatic nitrogens is 3. The zero-order valence-corrected chi connectivity index (χ0v) is 11.5. The zero-order valence-electron chi connectivity index (χ0n) is 10.6. The number of nitrogens with two attached hydrogens (primary N) is 1. The average Bonchev–Trinajstić information content (AvgIpc) is 3.02. The number of pyridine rings is 1. The third-order valence-corrected chi connectivity index (χ3v) is 3.67. The molecule has 0 aliphatic carbocycles. The van der Waals surface area contributed by atoms with Crippen molar-refractivity contribution < 1.29 is 19.0 Å². The number of rotatable bonds is 4. The van der Waals surface area contributed by atoms with Crippen LogP contribution in [0.4, 0.5) is 5.82 Å². The molecule has 2 atom stereocenters. The Kier molecular flexibility index (Phi) is 3.82. The zero-order chi connectivity index (χ0) is 14.1. The second-order valence-corrected chi connectivity index (χ2v) is 5.32. The van der Waals surface area contributed by atoms with E-state index in [4.69, 9.17) is 24.8 Å². The third kappa shape index (κ3) is 2.61. The summed E-state index contributed by atoms with van der Waals surface area (Å²) in [6.45, 7) is 0.172. The highest BCUT2D eigenvalue weighted by Crippen LogP contribution is 2.33. The first kappa shape index (κ1) is 13.7. The van der Waals surface area contributed by atoms with Gasteiger partial charge in [0.2, 0.25) is 0 Å².